The maximum absolute atomic E-state index is 6.18. The summed E-state index contributed by atoms with van der Waals surface area (Å²) in [4.78, 5) is 4.54. The molecule has 0 bridgehead atoms. The number of benzene rings is 1. The van der Waals surface area contributed by atoms with Gasteiger partial charge in [0.25, 0.3) is 0 Å². The molecule has 20 heavy (non-hydrogen) atoms. The van der Waals surface area contributed by atoms with Gasteiger partial charge in [0, 0.05) is 16.2 Å². The van der Waals surface area contributed by atoms with Crippen LogP contribution in [0.2, 0.25) is 5.02 Å². The minimum Gasteiger partial charge on any atom is -0.496 e. The van der Waals surface area contributed by atoms with Gasteiger partial charge in [0.1, 0.15) is 17.3 Å². The van der Waals surface area contributed by atoms with Crippen LogP contribution in [-0.4, -0.2) is 16.5 Å². The zero-order valence-corrected chi connectivity index (χ0v) is 12.9. The van der Waals surface area contributed by atoms with Gasteiger partial charge >= 0.3 is 0 Å². The Morgan fingerprint density at radius 3 is 2.85 bits per heavy atom. The van der Waals surface area contributed by atoms with Gasteiger partial charge in [-0.3, -0.25) is 4.40 Å². The van der Waals surface area contributed by atoms with E-state index in [9.17, 15) is 0 Å². The molecule has 3 rings (SSSR count). The highest BCUT2D eigenvalue weighted by atomic mass is 79.9. The third kappa shape index (κ3) is 2.03. The fourth-order valence-electron chi connectivity index (χ4n) is 2.12. The van der Waals surface area contributed by atoms with Crippen LogP contribution in [0.15, 0.2) is 41.0 Å². The number of hydrogen-bond acceptors (Lipinski definition) is 3. The van der Waals surface area contributed by atoms with E-state index in [-0.39, 0.29) is 0 Å². The second-order valence-electron chi connectivity index (χ2n) is 4.24. The lowest BCUT2D eigenvalue weighted by Crippen LogP contribution is -1.95. The monoisotopic (exact) mass is 351 g/mol. The van der Waals surface area contributed by atoms with E-state index in [2.05, 4.69) is 20.9 Å². The van der Waals surface area contributed by atoms with E-state index in [0.717, 1.165) is 10.0 Å². The maximum atomic E-state index is 6.18. The van der Waals surface area contributed by atoms with Crippen molar-refractivity contribution in [2.24, 2.45) is 0 Å². The number of halogens is 2. The smallest absolute Gasteiger partial charge is 0.157 e. The van der Waals surface area contributed by atoms with Gasteiger partial charge in [-0.05, 0) is 30.3 Å². The Labute approximate surface area is 129 Å². The third-order valence-corrected chi connectivity index (χ3v) is 3.84. The molecular weight excluding hydrogens is 342 g/mol. The number of nitrogens with zero attached hydrogens (tertiary/aromatic N) is 2. The molecule has 0 aliphatic heterocycles. The van der Waals surface area contributed by atoms with Crippen molar-refractivity contribution in [1.82, 2.24) is 9.38 Å². The van der Waals surface area contributed by atoms with Crippen LogP contribution < -0.4 is 10.5 Å². The van der Waals surface area contributed by atoms with Gasteiger partial charge in [-0.15, -0.1) is 0 Å². The molecule has 4 nitrogen and oxygen atoms in total. The summed E-state index contributed by atoms with van der Waals surface area (Å²) >= 11 is 9.60. The molecule has 0 aliphatic rings. The first-order valence-corrected chi connectivity index (χ1v) is 7.05. The molecule has 2 aromatic heterocycles. The lowest BCUT2D eigenvalue weighted by Gasteiger charge is -2.07. The van der Waals surface area contributed by atoms with Gasteiger partial charge in [-0.25, -0.2) is 4.98 Å². The van der Waals surface area contributed by atoms with E-state index < -0.39 is 0 Å². The van der Waals surface area contributed by atoms with Crippen LogP contribution in [0.25, 0.3) is 16.9 Å². The summed E-state index contributed by atoms with van der Waals surface area (Å²) in [6, 6.07) is 9.30. The van der Waals surface area contributed by atoms with Gasteiger partial charge < -0.3 is 10.5 Å². The Kier molecular flexibility index (Phi) is 3.31. The molecule has 102 valence electrons. The molecule has 0 radical (unpaired) electrons. The van der Waals surface area contributed by atoms with Gasteiger partial charge in [0.15, 0.2) is 5.65 Å². The Hall–Kier alpha value is -1.72. The molecule has 0 saturated carbocycles. The maximum Gasteiger partial charge on any atom is 0.157 e. The molecular formula is C14H11BrClN3O. The van der Waals surface area contributed by atoms with E-state index in [0.29, 0.717) is 27.9 Å². The Morgan fingerprint density at radius 2 is 2.15 bits per heavy atom. The SMILES string of the molecule is COc1ccc(Br)cc1-c1nc2c(Cl)cccn2c1N. The first kappa shape index (κ1) is 13.3. The number of nitrogen functional groups attached to an aromatic ring is 1. The molecule has 2 heterocycles. The van der Waals surface area contributed by atoms with E-state index in [4.69, 9.17) is 22.1 Å². The highest BCUT2D eigenvalue weighted by molar-refractivity contribution is 9.10. The lowest BCUT2D eigenvalue weighted by atomic mass is 10.1. The van der Waals surface area contributed by atoms with Gasteiger partial charge in [0.05, 0.1) is 12.1 Å². The first-order chi connectivity index (χ1) is 9.61. The van der Waals surface area contributed by atoms with E-state index in [1.54, 1.807) is 17.6 Å². The molecule has 0 fully saturated rings. The van der Waals surface area contributed by atoms with Gasteiger partial charge in [-0.2, -0.15) is 0 Å². The van der Waals surface area contributed by atoms with Crippen LogP contribution in [0.4, 0.5) is 5.82 Å². The summed E-state index contributed by atoms with van der Waals surface area (Å²) in [6.07, 6.45) is 1.83. The molecule has 0 saturated heterocycles. The second kappa shape index (κ2) is 5.00. The summed E-state index contributed by atoms with van der Waals surface area (Å²) in [5.41, 5.74) is 8.28. The minimum absolute atomic E-state index is 0.527. The van der Waals surface area contributed by atoms with Crippen molar-refractivity contribution in [3.63, 3.8) is 0 Å². The lowest BCUT2D eigenvalue weighted by molar-refractivity contribution is 0.416. The normalized spacial score (nSPS) is 10.9. The Balaban J connectivity index is 2.33. The quantitative estimate of drug-likeness (QED) is 0.758. The topological polar surface area (TPSA) is 52.5 Å². The highest BCUT2D eigenvalue weighted by Gasteiger charge is 2.16. The number of ether oxygens (including phenoxy) is 1. The number of hydrogen-bond donors (Lipinski definition) is 1. The fourth-order valence-corrected chi connectivity index (χ4v) is 2.68. The average Bonchev–Trinajstić information content (AvgIpc) is 2.78. The number of anilines is 1. The van der Waals surface area contributed by atoms with Crippen LogP contribution in [-0.2, 0) is 0 Å². The molecule has 2 N–H and O–H groups in total. The van der Waals surface area contributed by atoms with Crippen molar-refractivity contribution >= 4 is 39.0 Å². The number of imidazole rings is 1. The molecule has 0 atom stereocenters. The summed E-state index contributed by atoms with van der Waals surface area (Å²) in [6.45, 7) is 0. The average molecular weight is 353 g/mol. The molecule has 0 spiro atoms. The van der Waals surface area contributed by atoms with Crippen molar-refractivity contribution in [3.8, 4) is 17.0 Å². The first-order valence-electron chi connectivity index (χ1n) is 5.88. The van der Waals surface area contributed by atoms with Gasteiger partial charge in [-0.1, -0.05) is 27.5 Å². The van der Waals surface area contributed by atoms with Crippen molar-refractivity contribution in [2.45, 2.75) is 0 Å². The Bertz CT molecular complexity index is 800. The van der Waals surface area contributed by atoms with Crippen LogP contribution in [0.5, 0.6) is 5.75 Å². The number of nitrogens with two attached hydrogens (primary N) is 1. The standard InChI is InChI=1S/C14H11BrClN3O/c1-20-11-5-4-8(15)7-9(11)12-13(17)19-6-2-3-10(16)14(19)18-12/h2-7H,17H2,1H3. The fraction of sp³-hybridized carbons (Fsp3) is 0.0714. The van der Waals surface area contributed by atoms with E-state index >= 15 is 0 Å². The van der Waals surface area contributed by atoms with Crippen molar-refractivity contribution in [3.05, 3.63) is 46.0 Å². The predicted octanol–water partition coefficient (Wildman–Crippen LogP) is 4.01. The van der Waals surface area contributed by atoms with Crippen molar-refractivity contribution in [2.75, 3.05) is 12.8 Å². The number of rotatable bonds is 2. The zero-order chi connectivity index (χ0) is 14.3. The molecule has 1 aromatic carbocycles. The molecule has 6 heteroatoms. The van der Waals surface area contributed by atoms with Crippen molar-refractivity contribution in [1.29, 1.82) is 0 Å². The number of pyridine rings is 1. The predicted molar refractivity (Wildman–Crippen MR) is 84.3 cm³/mol. The molecule has 3 aromatic rings. The summed E-state index contributed by atoms with van der Waals surface area (Å²) in [5, 5.41) is 0.555. The highest BCUT2D eigenvalue weighted by Crippen LogP contribution is 2.36. The summed E-state index contributed by atoms with van der Waals surface area (Å²) < 4.78 is 8.07. The summed E-state index contributed by atoms with van der Waals surface area (Å²) in [7, 11) is 1.62. The number of aromatic nitrogens is 2. The van der Waals surface area contributed by atoms with Crippen LogP contribution in [0.3, 0.4) is 0 Å². The Morgan fingerprint density at radius 1 is 1.35 bits per heavy atom. The number of fused-ring (bicyclic) bond motifs is 1. The molecule has 0 amide bonds. The second-order valence-corrected chi connectivity index (χ2v) is 5.56. The van der Waals surface area contributed by atoms with Crippen LogP contribution in [0, 0.1) is 0 Å². The van der Waals surface area contributed by atoms with E-state index in [1.165, 1.54) is 0 Å². The molecule has 0 aliphatic carbocycles. The van der Waals surface area contributed by atoms with E-state index in [1.807, 2.05) is 30.5 Å². The number of methoxy groups -OCH3 is 1. The van der Waals surface area contributed by atoms with Crippen LogP contribution in [0.1, 0.15) is 0 Å². The largest absolute Gasteiger partial charge is 0.496 e. The van der Waals surface area contributed by atoms with Gasteiger partial charge in [0.2, 0.25) is 0 Å². The molecule has 0 unspecified atom stereocenters. The third-order valence-electron chi connectivity index (χ3n) is 3.06. The van der Waals surface area contributed by atoms with Crippen molar-refractivity contribution < 1.29 is 4.74 Å². The summed E-state index contributed by atoms with van der Waals surface area (Å²) in [5.74, 6) is 1.23. The zero-order valence-electron chi connectivity index (χ0n) is 10.6. The van der Waals surface area contributed by atoms with Crippen LogP contribution >= 0.6 is 27.5 Å². The minimum atomic E-state index is 0.527.